The number of hydrogen-bond donors (Lipinski definition) is 2. The average molecular weight is 238 g/mol. The fraction of sp³-hybridized carbons (Fsp3) is 0.667. The summed E-state index contributed by atoms with van der Waals surface area (Å²) in [6.07, 6.45) is 7.48. The lowest BCUT2D eigenvalue weighted by atomic mass is 10.1. The van der Waals surface area contributed by atoms with Gasteiger partial charge in [-0.05, 0) is 18.8 Å². The van der Waals surface area contributed by atoms with Crippen molar-refractivity contribution in [3.63, 3.8) is 0 Å². The van der Waals surface area contributed by atoms with E-state index in [4.69, 9.17) is 5.73 Å². The third-order valence-electron chi connectivity index (χ3n) is 2.72. The van der Waals surface area contributed by atoms with Gasteiger partial charge in [0.15, 0.2) is 0 Å². The number of nitrogens with one attached hydrogen (secondary N) is 1. The quantitative estimate of drug-likeness (QED) is 0.689. The predicted molar refractivity (Wildman–Crippen MR) is 67.3 cm³/mol. The van der Waals surface area contributed by atoms with Crippen molar-refractivity contribution in [2.75, 3.05) is 6.54 Å². The number of nitrogens with two attached hydrogens (primary N) is 1. The Balaban J connectivity index is 2.06. The van der Waals surface area contributed by atoms with Gasteiger partial charge in [-0.2, -0.15) is 0 Å². The molecule has 0 fully saturated rings. The maximum absolute atomic E-state index is 11.5. The summed E-state index contributed by atoms with van der Waals surface area (Å²) in [7, 11) is 0. The molecule has 0 aliphatic heterocycles. The summed E-state index contributed by atoms with van der Waals surface area (Å²) >= 11 is 0. The number of rotatable bonds is 7. The molecule has 1 aromatic heterocycles. The van der Waals surface area contributed by atoms with E-state index in [1.165, 1.54) is 0 Å². The van der Waals surface area contributed by atoms with E-state index in [-0.39, 0.29) is 11.8 Å². The van der Waals surface area contributed by atoms with Gasteiger partial charge >= 0.3 is 0 Å². The first kappa shape index (κ1) is 13.7. The maximum atomic E-state index is 11.5. The Morgan fingerprint density at radius 3 is 2.82 bits per heavy atom. The lowest BCUT2D eigenvalue weighted by Gasteiger charge is -2.15. The molecule has 17 heavy (non-hydrogen) atoms. The van der Waals surface area contributed by atoms with E-state index in [9.17, 15) is 4.79 Å². The third kappa shape index (κ3) is 4.99. The van der Waals surface area contributed by atoms with Crippen molar-refractivity contribution in [2.45, 2.75) is 39.3 Å². The van der Waals surface area contributed by atoms with Crippen LogP contribution in [0.3, 0.4) is 0 Å². The first-order valence-corrected chi connectivity index (χ1v) is 6.10. The highest BCUT2D eigenvalue weighted by molar-refractivity contribution is 5.81. The molecule has 0 bridgehead atoms. The van der Waals surface area contributed by atoms with Gasteiger partial charge in [-0.25, -0.2) is 4.98 Å². The number of unbranched alkanes of at least 4 members (excludes halogenated alkanes) is 1. The molecule has 0 saturated heterocycles. The van der Waals surface area contributed by atoms with Crippen LogP contribution >= 0.6 is 0 Å². The second kappa shape index (κ2) is 7.06. The molecule has 5 nitrogen and oxygen atoms in total. The first-order chi connectivity index (χ1) is 8.11. The fourth-order valence-corrected chi connectivity index (χ4v) is 1.47. The highest BCUT2D eigenvalue weighted by Gasteiger charge is 2.15. The van der Waals surface area contributed by atoms with E-state index in [2.05, 4.69) is 10.3 Å². The van der Waals surface area contributed by atoms with Gasteiger partial charge in [0.1, 0.15) is 0 Å². The van der Waals surface area contributed by atoms with Crippen LogP contribution in [0.2, 0.25) is 0 Å². The second-order valence-corrected chi connectivity index (χ2v) is 4.57. The lowest BCUT2D eigenvalue weighted by molar-refractivity contribution is -0.123. The van der Waals surface area contributed by atoms with Crippen molar-refractivity contribution < 1.29 is 4.79 Å². The van der Waals surface area contributed by atoms with E-state index < -0.39 is 6.04 Å². The Labute approximate surface area is 102 Å². The molecule has 0 aliphatic rings. The van der Waals surface area contributed by atoms with Crippen LogP contribution in [0, 0.1) is 5.92 Å². The zero-order valence-corrected chi connectivity index (χ0v) is 10.6. The minimum Gasteiger partial charge on any atom is -0.355 e. The Morgan fingerprint density at radius 2 is 2.24 bits per heavy atom. The van der Waals surface area contributed by atoms with E-state index in [1.807, 2.05) is 24.6 Å². The summed E-state index contributed by atoms with van der Waals surface area (Å²) in [5.41, 5.74) is 5.73. The van der Waals surface area contributed by atoms with E-state index in [0.29, 0.717) is 6.54 Å². The molecule has 96 valence electrons. The highest BCUT2D eigenvalue weighted by Crippen LogP contribution is 1.98. The van der Waals surface area contributed by atoms with Crippen molar-refractivity contribution in [3.8, 4) is 0 Å². The van der Waals surface area contributed by atoms with Gasteiger partial charge < -0.3 is 15.6 Å². The smallest absolute Gasteiger partial charge is 0.237 e. The van der Waals surface area contributed by atoms with Crippen LogP contribution in [0.5, 0.6) is 0 Å². The van der Waals surface area contributed by atoms with Gasteiger partial charge in [0, 0.05) is 25.5 Å². The minimum atomic E-state index is -0.399. The number of carbonyl (C=O) groups excluding carboxylic acids is 1. The molecule has 1 amide bonds. The van der Waals surface area contributed by atoms with Crippen LogP contribution in [0.4, 0.5) is 0 Å². The summed E-state index contributed by atoms with van der Waals surface area (Å²) in [5.74, 6) is 0.128. The molecular weight excluding hydrogens is 216 g/mol. The summed E-state index contributed by atoms with van der Waals surface area (Å²) in [4.78, 5) is 15.5. The molecule has 0 radical (unpaired) electrons. The van der Waals surface area contributed by atoms with Crippen molar-refractivity contribution in [3.05, 3.63) is 18.7 Å². The largest absolute Gasteiger partial charge is 0.355 e. The molecule has 1 atom stereocenters. The molecular formula is C12H22N4O. The number of imidazole rings is 1. The molecule has 1 unspecified atom stereocenters. The predicted octanol–water partition coefficient (Wildman–Crippen LogP) is 0.763. The van der Waals surface area contributed by atoms with Crippen molar-refractivity contribution in [1.29, 1.82) is 0 Å². The Bertz CT molecular complexity index is 321. The molecule has 5 heteroatoms. The number of carbonyl (C=O) groups is 1. The van der Waals surface area contributed by atoms with Crippen molar-refractivity contribution >= 4 is 5.91 Å². The van der Waals surface area contributed by atoms with Crippen molar-refractivity contribution in [2.24, 2.45) is 11.7 Å². The minimum absolute atomic E-state index is 0.0531. The third-order valence-corrected chi connectivity index (χ3v) is 2.72. The van der Waals surface area contributed by atoms with E-state index in [0.717, 1.165) is 19.4 Å². The normalized spacial score (nSPS) is 12.7. The number of nitrogens with zero attached hydrogens (tertiary/aromatic N) is 2. The van der Waals surface area contributed by atoms with Crippen LogP contribution in [0.15, 0.2) is 18.7 Å². The van der Waals surface area contributed by atoms with Gasteiger partial charge in [-0.1, -0.05) is 13.8 Å². The molecule has 0 aliphatic carbocycles. The molecule has 3 N–H and O–H groups in total. The standard InChI is InChI=1S/C12H22N4O/c1-10(2)11(13)12(17)15-5-3-4-7-16-8-6-14-9-16/h6,8-11H,3-5,7,13H2,1-2H3,(H,15,17). The monoisotopic (exact) mass is 238 g/mol. The van der Waals surface area contributed by atoms with Crippen LogP contribution in [0.1, 0.15) is 26.7 Å². The second-order valence-electron chi connectivity index (χ2n) is 4.57. The average Bonchev–Trinajstić information content (AvgIpc) is 2.80. The zero-order chi connectivity index (χ0) is 12.7. The first-order valence-electron chi connectivity index (χ1n) is 6.10. The van der Waals surface area contributed by atoms with Crippen LogP contribution in [-0.2, 0) is 11.3 Å². The lowest BCUT2D eigenvalue weighted by Crippen LogP contribution is -2.44. The van der Waals surface area contributed by atoms with Crippen LogP contribution < -0.4 is 11.1 Å². The van der Waals surface area contributed by atoms with Gasteiger partial charge in [-0.15, -0.1) is 0 Å². The summed E-state index contributed by atoms with van der Waals surface area (Å²) < 4.78 is 2.03. The van der Waals surface area contributed by atoms with E-state index in [1.54, 1.807) is 12.5 Å². The van der Waals surface area contributed by atoms with E-state index >= 15 is 0 Å². The fourth-order valence-electron chi connectivity index (χ4n) is 1.47. The number of amides is 1. The maximum Gasteiger partial charge on any atom is 0.237 e. The number of aryl methyl sites for hydroxylation is 1. The Morgan fingerprint density at radius 1 is 1.47 bits per heavy atom. The highest BCUT2D eigenvalue weighted by atomic mass is 16.2. The Hall–Kier alpha value is -1.36. The van der Waals surface area contributed by atoms with Crippen molar-refractivity contribution in [1.82, 2.24) is 14.9 Å². The molecule has 0 spiro atoms. The zero-order valence-electron chi connectivity index (χ0n) is 10.6. The topological polar surface area (TPSA) is 72.9 Å². The van der Waals surface area contributed by atoms with Gasteiger partial charge in [-0.3, -0.25) is 4.79 Å². The summed E-state index contributed by atoms with van der Waals surface area (Å²) in [6, 6.07) is -0.399. The SMILES string of the molecule is CC(C)C(N)C(=O)NCCCCn1ccnc1. The summed E-state index contributed by atoms with van der Waals surface area (Å²) in [6.45, 7) is 5.52. The van der Waals surface area contributed by atoms with Crippen LogP contribution in [0.25, 0.3) is 0 Å². The molecule has 0 saturated carbocycles. The van der Waals surface area contributed by atoms with Gasteiger partial charge in [0.25, 0.3) is 0 Å². The number of hydrogen-bond acceptors (Lipinski definition) is 3. The summed E-state index contributed by atoms with van der Waals surface area (Å²) in [5, 5.41) is 2.86. The van der Waals surface area contributed by atoms with Crippen LogP contribution in [-0.4, -0.2) is 28.0 Å². The van der Waals surface area contributed by atoms with Gasteiger partial charge in [0.2, 0.25) is 5.91 Å². The number of aromatic nitrogens is 2. The molecule has 0 aromatic carbocycles. The molecule has 1 rings (SSSR count). The molecule has 1 aromatic rings. The van der Waals surface area contributed by atoms with Gasteiger partial charge in [0.05, 0.1) is 12.4 Å². The Kier molecular flexibility index (Phi) is 5.69. The molecule has 1 heterocycles.